The highest BCUT2D eigenvalue weighted by atomic mass is 16.5. The number of rotatable bonds is 8. The number of carbonyl (C=O) groups excluding carboxylic acids is 1. The molecule has 0 aromatic heterocycles. The van der Waals surface area contributed by atoms with Crippen LogP contribution in [0.1, 0.15) is 17.5 Å². The SMILES string of the molecule is CN(C)C(Cc1ccccc1)(C(=O)CCc1ccccc1)N1CCOCC1. The van der Waals surface area contributed by atoms with E-state index in [0.29, 0.717) is 26.1 Å². The number of morpholine rings is 1. The van der Waals surface area contributed by atoms with Crippen LogP contribution in [0.2, 0.25) is 0 Å². The van der Waals surface area contributed by atoms with Crippen molar-refractivity contribution in [2.45, 2.75) is 24.9 Å². The van der Waals surface area contributed by atoms with Crippen LogP contribution in [0.3, 0.4) is 0 Å². The van der Waals surface area contributed by atoms with Gasteiger partial charge in [0.15, 0.2) is 5.78 Å². The quantitative estimate of drug-likeness (QED) is 0.719. The number of benzene rings is 2. The van der Waals surface area contributed by atoms with E-state index in [1.165, 1.54) is 11.1 Å². The van der Waals surface area contributed by atoms with Crippen molar-refractivity contribution in [3.63, 3.8) is 0 Å². The van der Waals surface area contributed by atoms with Gasteiger partial charge >= 0.3 is 0 Å². The highest BCUT2D eigenvalue weighted by Crippen LogP contribution is 2.28. The van der Waals surface area contributed by atoms with E-state index in [-0.39, 0.29) is 5.78 Å². The molecule has 3 rings (SSSR count). The maximum atomic E-state index is 13.7. The molecule has 0 spiro atoms. The van der Waals surface area contributed by atoms with E-state index in [2.05, 4.69) is 34.1 Å². The van der Waals surface area contributed by atoms with Crippen molar-refractivity contribution in [1.29, 1.82) is 0 Å². The topological polar surface area (TPSA) is 32.8 Å². The van der Waals surface area contributed by atoms with Crippen LogP contribution in [0.15, 0.2) is 60.7 Å². The fourth-order valence-electron chi connectivity index (χ4n) is 3.99. The number of ether oxygens (including phenoxy) is 1. The van der Waals surface area contributed by atoms with Gasteiger partial charge in [-0.1, -0.05) is 60.7 Å². The summed E-state index contributed by atoms with van der Waals surface area (Å²) in [6.07, 6.45) is 2.00. The van der Waals surface area contributed by atoms with Crippen LogP contribution >= 0.6 is 0 Å². The summed E-state index contributed by atoms with van der Waals surface area (Å²) < 4.78 is 5.56. The molecule has 0 amide bonds. The lowest BCUT2D eigenvalue weighted by Gasteiger charge is -2.48. The zero-order chi connectivity index (χ0) is 19.1. The first-order chi connectivity index (χ1) is 13.1. The number of hydrogen-bond acceptors (Lipinski definition) is 4. The van der Waals surface area contributed by atoms with Gasteiger partial charge in [-0.25, -0.2) is 0 Å². The summed E-state index contributed by atoms with van der Waals surface area (Å²) in [5.74, 6) is 0.280. The largest absolute Gasteiger partial charge is 0.379 e. The lowest BCUT2D eigenvalue weighted by Crippen LogP contribution is -2.66. The Morgan fingerprint density at radius 2 is 1.52 bits per heavy atom. The first-order valence-electron chi connectivity index (χ1n) is 9.74. The van der Waals surface area contributed by atoms with Crippen molar-refractivity contribution in [3.8, 4) is 0 Å². The van der Waals surface area contributed by atoms with E-state index in [9.17, 15) is 4.79 Å². The van der Waals surface area contributed by atoms with Crippen molar-refractivity contribution < 1.29 is 9.53 Å². The normalized spacial score (nSPS) is 17.6. The molecule has 0 bridgehead atoms. The van der Waals surface area contributed by atoms with Gasteiger partial charge in [-0.15, -0.1) is 0 Å². The first-order valence-corrected chi connectivity index (χ1v) is 9.74. The standard InChI is InChI=1S/C23H30N2O2/c1-24(2)23(25-15-17-27-18-16-25,19-21-11-7-4-8-12-21)22(26)14-13-20-9-5-3-6-10-20/h3-12H,13-19H2,1-2H3. The summed E-state index contributed by atoms with van der Waals surface area (Å²) in [4.78, 5) is 18.1. The Labute approximate surface area is 162 Å². The number of nitrogens with zero attached hydrogens (tertiary/aromatic N) is 2. The Hall–Kier alpha value is -2.01. The fraction of sp³-hybridized carbons (Fsp3) is 0.435. The van der Waals surface area contributed by atoms with Crippen LogP contribution in [0.4, 0.5) is 0 Å². The molecule has 1 atom stereocenters. The van der Waals surface area contributed by atoms with Crippen LogP contribution < -0.4 is 0 Å². The zero-order valence-electron chi connectivity index (χ0n) is 16.4. The number of hydrogen-bond donors (Lipinski definition) is 0. The van der Waals surface area contributed by atoms with Crippen LogP contribution in [-0.2, 0) is 22.4 Å². The Balaban J connectivity index is 1.87. The van der Waals surface area contributed by atoms with Gasteiger partial charge in [-0.05, 0) is 31.6 Å². The molecule has 0 saturated carbocycles. The molecule has 144 valence electrons. The van der Waals surface area contributed by atoms with Crippen molar-refractivity contribution in [1.82, 2.24) is 9.80 Å². The Morgan fingerprint density at radius 3 is 2.07 bits per heavy atom. The smallest absolute Gasteiger partial charge is 0.168 e. The van der Waals surface area contributed by atoms with E-state index in [4.69, 9.17) is 4.74 Å². The van der Waals surface area contributed by atoms with Gasteiger partial charge in [0.1, 0.15) is 5.66 Å². The number of carbonyl (C=O) groups is 1. The van der Waals surface area contributed by atoms with E-state index >= 15 is 0 Å². The average Bonchev–Trinajstić information content (AvgIpc) is 2.72. The maximum Gasteiger partial charge on any atom is 0.168 e. The van der Waals surface area contributed by atoms with E-state index < -0.39 is 5.66 Å². The van der Waals surface area contributed by atoms with Gasteiger partial charge in [-0.3, -0.25) is 14.6 Å². The molecule has 2 aromatic carbocycles. The minimum Gasteiger partial charge on any atom is -0.379 e. The Bertz CT molecular complexity index is 712. The third-order valence-electron chi connectivity index (χ3n) is 5.50. The van der Waals surface area contributed by atoms with Gasteiger partial charge in [-0.2, -0.15) is 0 Å². The molecular weight excluding hydrogens is 336 g/mol. The number of ketones is 1. The first kappa shape index (κ1) is 19.7. The number of Topliss-reactive ketones (excluding diaryl/α,β-unsaturated/α-hetero) is 1. The average molecular weight is 367 g/mol. The molecule has 27 heavy (non-hydrogen) atoms. The lowest BCUT2D eigenvalue weighted by molar-refractivity contribution is -0.149. The number of likely N-dealkylation sites (N-methyl/N-ethyl adjacent to an activating group) is 1. The zero-order valence-corrected chi connectivity index (χ0v) is 16.4. The maximum absolute atomic E-state index is 13.7. The van der Waals surface area contributed by atoms with Crippen LogP contribution in [0.25, 0.3) is 0 Å². The van der Waals surface area contributed by atoms with Crippen LogP contribution in [0.5, 0.6) is 0 Å². The molecule has 4 heteroatoms. The second-order valence-electron chi connectivity index (χ2n) is 7.38. The molecule has 0 radical (unpaired) electrons. The summed E-state index contributed by atoms with van der Waals surface area (Å²) in [5, 5.41) is 0. The molecule has 1 saturated heterocycles. The third-order valence-corrected chi connectivity index (χ3v) is 5.50. The van der Waals surface area contributed by atoms with E-state index in [1.807, 2.05) is 50.5 Å². The van der Waals surface area contributed by atoms with Gasteiger partial charge in [0, 0.05) is 25.9 Å². The molecule has 1 unspecified atom stereocenters. The minimum atomic E-state index is -0.639. The molecule has 4 nitrogen and oxygen atoms in total. The Morgan fingerprint density at radius 1 is 0.963 bits per heavy atom. The van der Waals surface area contributed by atoms with E-state index in [0.717, 1.165) is 19.5 Å². The van der Waals surface area contributed by atoms with Gasteiger partial charge in [0.2, 0.25) is 0 Å². The molecule has 1 aliphatic heterocycles. The van der Waals surface area contributed by atoms with Crippen molar-refractivity contribution in [3.05, 3.63) is 71.8 Å². The lowest BCUT2D eigenvalue weighted by atomic mass is 9.88. The molecule has 1 heterocycles. The predicted molar refractivity (Wildman–Crippen MR) is 109 cm³/mol. The van der Waals surface area contributed by atoms with Gasteiger partial charge in [0.05, 0.1) is 13.2 Å². The molecule has 1 aliphatic rings. The summed E-state index contributed by atoms with van der Waals surface area (Å²) in [6, 6.07) is 20.6. The molecule has 1 fully saturated rings. The number of aryl methyl sites for hydroxylation is 1. The van der Waals surface area contributed by atoms with Crippen molar-refractivity contribution in [2.75, 3.05) is 40.4 Å². The second kappa shape index (κ2) is 9.27. The van der Waals surface area contributed by atoms with Crippen LogP contribution in [-0.4, -0.2) is 61.6 Å². The predicted octanol–water partition coefficient (Wildman–Crippen LogP) is 3.02. The highest BCUT2D eigenvalue weighted by molar-refractivity contribution is 5.88. The summed E-state index contributed by atoms with van der Waals surface area (Å²) in [5.41, 5.74) is 1.76. The second-order valence-corrected chi connectivity index (χ2v) is 7.38. The van der Waals surface area contributed by atoms with Gasteiger partial charge < -0.3 is 4.74 Å². The summed E-state index contributed by atoms with van der Waals surface area (Å²) >= 11 is 0. The monoisotopic (exact) mass is 366 g/mol. The third kappa shape index (κ3) is 4.64. The molecular formula is C23H30N2O2. The Kier molecular flexibility index (Phi) is 6.78. The summed E-state index contributed by atoms with van der Waals surface area (Å²) in [6.45, 7) is 2.91. The molecule has 0 N–H and O–H groups in total. The highest BCUT2D eigenvalue weighted by Gasteiger charge is 2.45. The van der Waals surface area contributed by atoms with Crippen molar-refractivity contribution >= 4 is 5.78 Å². The molecule has 0 aliphatic carbocycles. The van der Waals surface area contributed by atoms with Crippen molar-refractivity contribution in [2.24, 2.45) is 0 Å². The summed E-state index contributed by atoms with van der Waals surface area (Å²) in [7, 11) is 4.05. The van der Waals surface area contributed by atoms with Crippen LogP contribution in [0, 0.1) is 0 Å². The van der Waals surface area contributed by atoms with E-state index in [1.54, 1.807) is 0 Å². The van der Waals surface area contributed by atoms with Gasteiger partial charge in [0.25, 0.3) is 0 Å². The fourth-order valence-corrected chi connectivity index (χ4v) is 3.99. The minimum absolute atomic E-state index is 0.280. The molecule has 2 aromatic rings.